The monoisotopic (exact) mass is 475 g/mol. The second-order valence-electron chi connectivity index (χ2n) is 6.50. The highest BCUT2D eigenvalue weighted by Gasteiger charge is 2.45. The zero-order valence-electron chi connectivity index (χ0n) is 15.3. The summed E-state index contributed by atoms with van der Waals surface area (Å²) >= 11 is 14.8. The molecule has 2 aromatic carbocycles. The van der Waals surface area contributed by atoms with Crippen LogP contribution in [0.1, 0.15) is 27.7 Å². The lowest BCUT2D eigenvalue weighted by Gasteiger charge is -2.22. The highest BCUT2D eigenvalue weighted by Crippen LogP contribution is 2.43. The van der Waals surface area contributed by atoms with Gasteiger partial charge in [0.05, 0.1) is 17.0 Å². The number of halogens is 2. The van der Waals surface area contributed by atoms with Crippen molar-refractivity contribution in [3.8, 4) is 0 Å². The number of rotatable bonds is 3. The van der Waals surface area contributed by atoms with Crippen LogP contribution >= 0.6 is 46.3 Å². The molecule has 1 atom stereocenters. The quantitative estimate of drug-likeness (QED) is 0.290. The van der Waals surface area contributed by atoms with Gasteiger partial charge < -0.3 is 4.42 Å². The van der Waals surface area contributed by atoms with E-state index in [2.05, 4.69) is 10.2 Å². The summed E-state index contributed by atoms with van der Waals surface area (Å²) < 4.78 is 6.60. The summed E-state index contributed by atoms with van der Waals surface area (Å²) in [5.41, 5.74) is 0.952. The maximum absolute atomic E-state index is 13.4. The van der Waals surface area contributed by atoms with E-state index in [1.807, 2.05) is 6.26 Å². The van der Waals surface area contributed by atoms with Crippen LogP contribution in [0.5, 0.6) is 0 Å². The van der Waals surface area contributed by atoms with Crippen molar-refractivity contribution in [1.29, 1.82) is 0 Å². The molecular formula is C20H11Cl2N3O3S2. The molecular weight excluding hydrogens is 465 g/mol. The van der Waals surface area contributed by atoms with E-state index < -0.39 is 11.9 Å². The second kappa shape index (κ2) is 7.39. The molecule has 0 radical (unpaired) electrons. The van der Waals surface area contributed by atoms with E-state index in [1.54, 1.807) is 42.5 Å². The van der Waals surface area contributed by atoms with Crippen LogP contribution < -0.4 is 10.3 Å². The van der Waals surface area contributed by atoms with Gasteiger partial charge in [0, 0.05) is 10.0 Å². The Kier molecular flexibility index (Phi) is 4.82. The van der Waals surface area contributed by atoms with Gasteiger partial charge in [0.25, 0.3) is 5.91 Å². The molecule has 0 spiro atoms. The Balaban J connectivity index is 1.80. The molecule has 4 aromatic rings. The van der Waals surface area contributed by atoms with Crippen molar-refractivity contribution in [2.75, 3.05) is 11.2 Å². The molecule has 6 nitrogen and oxygen atoms in total. The molecule has 0 unspecified atom stereocenters. The second-order valence-corrected chi connectivity index (χ2v) is 9.38. The molecule has 1 aliphatic heterocycles. The average Bonchev–Trinajstić information content (AvgIpc) is 3.32. The molecule has 2 aromatic heterocycles. The number of benzene rings is 2. The third kappa shape index (κ3) is 3.02. The van der Waals surface area contributed by atoms with E-state index in [0.29, 0.717) is 36.0 Å². The molecule has 150 valence electrons. The Morgan fingerprint density at radius 1 is 1.07 bits per heavy atom. The maximum Gasteiger partial charge on any atom is 0.297 e. The van der Waals surface area contributed by atoms with E-state index in [4.69, 9.17) is 27.6 Å². The summed E-state index contributed by atoms with van der Waals surface area (Å²) in [7, 11) is 0. The smallest absolute Gasteiger partial charge is 0.297 e. The highest BCUT2D eigenvalue weighted by atomic mass is 35.5. The number of carbonyl (C=O) groups is 1. The molecule has 30 heavy (non-hydrogen) atoms. The van der Waals surface area contributed by atoms with Crippen molar-refractivity contribution >= 4 is 68.3 Å². The first kappa shape index (κ1) is 19.6. The van der Waals surface area contributed by atoms with Crippen molar-refractivity contribution in [2.45, 2.75) is 10.4 Å². The molecule has 0 N–H and O–H groups in total. The summed E-state index contributed by atoms with van der Waals surface area (Å²) in [4.78, 5) is 28.3. The van der Waals surface area contributed by atoms with Crippen molar-refractivity contribution < 1.29 is 9.21 Å². The normalized spacial score (nSPS) is 15.8. The van der Waals surface area contributed by atoms with Gasteiger partial charge in [-0.2, -0.15) is 0 Å². The van der Waals surface area contributed by atoms with Gasteiger partial charge in [-0.1, -0.05) is 58.4 Å². The molecule has 0 aliphatic carbocycles. The lowest BCUT2D eigenvalue weighted by molar-refractivity contribution is 0.0970. The summed E-state index contributed by atoms with van der Waals surface area (Å²) in [5.74, 6) is -0.446. The summed E-state index contributed by atoms with van der Waals surface area (Å²) in [5, 5.41) is 9.93. The number of hydrogen-bond acceptors (Lipinski definition) is 7. The lowest BCUT2D eigenvalue weighted by Crippen LogP contribution is -2.29. The predicted molar refractivity (Wildman–Crippen MR) is 119 cm³/mol. The van der Waals surface area contributed by atoms with Crippen LogP contribution in [0, 0.1) is 0 Å². The fourth-order valence-corrected chi connectivity index (χ4v) is 5.07. The van der Waals surface area contributed by atoms with E-state index in [-0.39, 0.29) is 16.8 Å². The largest absolute Gasteiger partial charge is 0.450 e. The maximum atomic E-state index is 13.4. The first-order valence-electron chi connectivity index (χ1n) is 8.70. The molecule has 3 heterocycles. The average molecular weight is 476 g/mol. The zero-order valence-corrected chi connectivity index (χ0v) is 18.4. The molecule has 10 heteroatoms. The summed E-state index contributed by atoms with van der Waals surface area (Å²) in [6.07, 6.45) is 1.88. The number of nitrogens with zero attached hydrogens (tertiary/aromatic N) is 3. The van der Waals surface area contributed by atoms with Crippen molar-refractivity contribution in [2.24, 2.45) is 0 Å². The molecule has 0 bridgehead atoms. The van der Waals surface area contributed by atoms with Crippen LogP contribution in [0.15, 0.2) is 56.0 Å². The Hall–Kier alpha value is -2.39. The fraction of sp³-hybridized carbons (Fsp3) is 0.100. The Labute approximate surface area is 188 Å². The van der Waals surface area contributed by atoms with Crippen molar-refractivity contribution in [3.63, 3.8) is 0 Å². The number of hydrogen-bond donors (Lipinski definition) is 0. The van der Waals surface area contributed by atoms with Gasteiger partial charge in [0.15, 0.2) is 9.77 Å². The van der Waals surface area contributed by atoms with Gasteiger partial charge in [0.1, 0.15) is 5.58 Å². The van der Waals surface area contributed by atoms with Gasteiger partial charge in [-0.05, 0) is 42.2 Å². The lowest BCUT2D eigenvalue weighted by atomic mass is 9.99. The van der Waals surface area contributed by atoms with E-state index in [1.165, 1.54) is 28.0 Å². The third-order valence-electron chi connectivity index (χ3n) is 4.79. The molecule has 0 fully saturated rings. The topological polar surface area (TPSA) is 76.3 Å². The molecule has 1 amide bonds. The van der Waals surface area contributed by atoms with Gasteiger partial charge in [-0.25, -0.2) is 0 Å². The Morgan fingerprint density at radius 2 is 1.80 bits per heavy atom. The zero-order chi connectivity index (χ0) is 21.0. The molecule has 1 aliphatic rings. The van der Waals surface area contributed by atoms with Crippen LogP contribution in [0.3, 0.4) is 0 Å². The van der Waals surface area contributed by atoms with Crippen LogP contribution in [0.2, 0.25) is 10.0 Å². The Bertz CT molecular complexity index is 1370. The van der Waals surface area contributed by atoms with Crippen molar-refractivity contribution in [1.82, 2.24) is 10.2 Å². The highest BCUT2D eigenvalue weighted by molar-refractivity contribution is 8.00. The van der Waals surface area contributed by atoms with E-state index >= 15 is 0 Å². The minimum atomic E-state index is -0.716. The number of thioether (sulfide) groups is 1. The van der Waals surface area contributed by atoms with E-state index in [9.17, 15) is 9.59 Å². The summed E-state index contributed by atoms with van der Waals surface area (Å²) in [6, 6.07) is 11.0. The van der Waals surface area contributed by atoms with Crippen LogP contribution in [0.4, 0.5) is 5.13 Å². The molecule has 0 saturated heterocycles. The number of anilines is 1. The minimum Gasteiger partial charge on any atom is -0.450 e. The predicted octanol–water partition coefficient (Wildman–Crippen LogP) is 5.42. The van der Waals surface area contributed by atoms with Gasteiger partial charge in [-0.15, -0.1) is 10.2 Å². The first-order valence-corrected chi connectivity index (χ1v) is 11.5. The minimum absolute atomic E-state index is 0.00401. The number of aromatic nitrogens is 2. The number of fused-ring (bicyclic) bond motifs is 2. The van der Waals surface area contributed by atoms with Crippen LogP contribution in [0.25, 0.3) is 11.0 Å². The van der Waals surface area contributed by atoms with E-state index in [0.717, 1.165) is 0 Å². The first-order chi connectivity index (χ1) is 14.5. The fourth-order valence-electron chi connectivity index (χ4n) is 3.49. The van der Waals surface area contributed by atoms with Gasteiger partial charge in [-0.3, -0.25) is 14.5 Å². The third-order valence-corrected chi connectivity index (χ3v) is 7.18. The van der Waals surface area contributed by atoms with Gasteiger partial charge >= 0.3 is 0 Å². The summed E-state index contributed by atoms with van der Waals surface area (Å²) in [6.45, 7) is 0. The Morgan fingerprint density at radius 3 is 2.50 bits per heavy atom. The van der Waals surface area contributed by atoms with Crippen LogP contribution in [-0.4, -0.2) is 22.4 Å². The van der Waals surface area contributed by atoms with Crippen LogP contribution in [-0.2, 0) is 0 Å². The number of amides is 1. The SMILES string of the molecule is CSc1nnc(N2C(=O)c3oc4ccc(Cl)cc4c(=O)c3[C@H]2c2ccc(Cl)cc2)s1. The standard InChI is InChI=1S/C20H11Cl2N3O3S2/c1-29-20-24-23-19(30-20)25-15(9-2-4-10(21)5-3-9)14-16(26)12-8-11(22)6-7-13(12)28-17(14)18(25)27/h2-8,15H,1H3/t15-/m1/s1. The van der Waals surface area contributed by atoms with Crippen molar-refractivity contribution in [3.05, 3.63) is 79.6 Å². The van der Waals surface area contributed by atoms with Gasteiger partial charge in [0.2, 0.25) is 10.9 Å². The number of carbonyl (C=O) groups excluding carboxylic acids is 1. The molecule has 0 saturated carbocycles. The molecule has 5 rings (SSSR count).